The summed E-state index contributed by atoms with van der Waals surface area (Å²) >= 11 is 0. The number of rotatable bonds is 8. The standard InChI is InChI=1S/C17H21FN4O3S/c18-14-5-1-2-9-17(14,15(19)23)10-3-4-12-8-11-20-16(21-12)22-26(24,25)13-6-7-13/h1-2,5,8-9,11,13-14H,3-4,6-7,10H2,(H2,19,23)(H,20,21,22). The lowest BCUT2D eigenvalue weighted by atomic mass is 9.75. The van der Waals surface area contributed by atoms with Crippen molar-refractivity contribution in [2.24, 2.45) is 11.1 Å². The van der Waals surface area contributed by atoms with Crippen LogP contribution in [0.2, 0.25) is 0 Å². The number of anilines is 1. The predicted octanol–water partition coefficient (Wildman–Crippen LogP) is 1.64. The highest BCUT2D eigenvalue weighted by atomic mass is 32.2. The van der Waals surface area contributed by atoms with Gasteiger partial charge in [0.2, 0.25) is 21.9 Å². The first-order valence-electron chi connectivity index (χ1n) is 8.47. The lowest BCUT2D eigenvalue weighted by molar-refractivity contribution is -0.127. The number of alkyl halides is 1. The van der Waals surface area contributed by atoms with Gasteiger partial charge in [0.05, 0.1) is 5.25 Å². The lowest BCUT2D eigenvalue weighted by Gasteiger charge is -2.30. The summed E-state index contributed by atoms with van der Waals surface area (Å²) in [7, 11) is -3.43. The molecule has 2 aliphatic carbocycles. The van der Waals surface area contributed by atoms with Crippen molar-refractivity contribution in [3.05, 3.63) is 42.3 Å². The molecular formula is C17H21FN4O3S. The summed E-state index contributed by atoms with van der Waals surface area (Å²) in [5.41, 5.74) is 4.69. The molecule has 1 aromatic rings. The lowest BCUT2D eigenvalue weighted by Crippen LogP contribution is -2.43. The van der Waals surface area contributed by atoms with Crippen LogP contribution in [0, 0.1) is 5.41 Å². The molecule has 26 heavy (non-hydrogen) atoms. The Hall–Kier alpha value is -2.29. The van der Waals surface area contributed by atoms with E-state index in [1.807, 2.05) is 0 Å². The molecule has 1 heterocycles. The van der Waals surface area contributed by atoms with Crippen molar-refractivity contribution >= 4 is 21.9 Å². The van der Waals surface area contributed by atoms with E-state index in [1.54, 1.807) is 18.2 Å². The number of aromatic nitrogens is 2. The van der Waals surface area contributed by atoms with Gasteiger partial charge in [-0.15, -0.1) is 0 Å². The average Bonchev–Trinajstić information content (AvgIpc) is 3.42. The third kappa shape index (κ3) is 3.92. The van der Waals surface area contributed by atoms with Gasteiger partial charge in [-0.25, -0.2) is 22.8 Å². The zero-order chi connectivity index (χ0) is 18.8. The highest BCUT2D eigenvalue weighted by Crippen LogP contribution is 2.36. The molecule has 140 valence electrons. The second kappa shape index (κ2) is 7.14. The van der Waals surface area contributed by atoms with Crippen LogP contribution in [-0.4, -0.2) is 35.7 Å². The maximum atomic E-state index is 14.3. The fraction of sp³-hybridized carbons (Fsp3) is 0.471. The number of aryl methyl sites for hydroxylation is 1. The molecule has 0 spiro atoms. The molecule has 1 aromatic heterocycles. The molecule has 0 aliphatic heterocycles. The molecule has 1 fully saturated rings. The molecule has 9 heteroatoms. The van der Waals surface area contributed by atoms with Crippen LogP contribution in [0.15, 0.2) is 36.6 Å². The Bertz CT molecular complexity index is 851. The second-order valence-corrected chi connectivity index (χ2v) is 8.58. The van der Waals surface area contributed by atoms with E-state index in [1.165, 1.54) is 18.3 Å². The van der Waals surface area contributed by atoms with Crippen LogP contribution in [0.1, 0.15) is 31.4 Å². The fourth-order valence-electron chi connectivity index (χ4n) is 2.95. The molecule has 0 radical (unpaired) electrons. The van der Waals surface area contributed by atoms with Crippen LogP contribution in [0.3, 0.4) is 0 Å². The summed E-state index contributed by atoms with van der Waals surface area (Å²) in [6.45, 7) is 0. The topological polar surface area (TPSA) is 115 Å². The van der Waals surface area contributed by atoms with Gasteiger partial charge in [-0.1, -0.05) is 18.2 Å². The van der Waals surface area contributed by atoms with Gasteiger partial charge in [-0.3, -0.25) is 9.52 Å². The SMILES string of the molecule is NC(=O)C1(CCCc2ccnc(NS(=O)(=O)C3CC3)n2)C=CC=CC1F. The normalized spacial score (nSPS) is 25.2. The summed E-state index contributed by atoms with van der Waals surface area (Å²) in [6, 6.07) is 1.66. The number of allylic oxidation sites excluding steroid dienone is 3. The maximum Gasteiger partial charge on any atom is 0.237 e. The van der Waals surface area contributed by atoms with Crippen molar-refractivity contribution in [2.45, 2.75) is 43.5 Å². The quantitative estimate of drug-likeness (QED) is 0.711. The van der Waals surface area contributed by atoms with Crippen molar-refractivity contribution in [3.63, 3.8) is 0 Å². The first-order valence-corrected chi connectivity index (χ1v) is 10.0. The van der Waals surface area contributed by atoms with Gasteiger partial charge in [0, 0.05) is 11.9 Å². The third-order valence-corrected chi connectivity index (χ3v) is 6.49. The van der Waals surface area contributed by atoms with E-state index in [9.17, 15) is 17.6 Å². The van der Waals surface area contributed by atoms with E-state index < -0.39 is 27.5 Å². The summed E-state index contributed by atoms with van der Waals surface area (Å²) in [6.07, 6.45) is 8.45. The number of amides is 1. The van der Waals surface area contributed by atoms with Gasteiger partial charge in [0.1, 0.15) is 11.6 Å². The Labute approximate surface area is 151 Å². The molecule has 3 N–H and O–H groups in total. The monoisotopic (exact) mass is 380 g/mol. The molecule has 0 aromatic carbocycles. The zero-order valence-electron chi connectivity index (χ0n) is 14.1. The molecule has 3 rings (SSSR count). The van der Waals surface area contributed by atoms with Crippen LogP contribution in [0.4, 0.5) is 10.3 Å². The van der Waals surface area contributed by atoms with Crippen LogP contribution in [0.5, 0.6) is 0 Å². The molecule has 1 saturated carbocycles. The number of sulfonamides is 1. The molecule has 7 nitrogen and oxygen atoms in total. The smallest absolute Gasteiger partial charge is 0.237 e. The number of hydrogen-bond donors (Lipinski definition) is 2. The van der Waals surface area contributed by atoms with E-state index >= 15 is 0 Å². The number of carbonyl (C=O) groups is 1. The van der Waals surface area contributed by atoms with Crippen LogP contribution in [0.25, 0.3) is 0 Å². The molecule has 2 atom stereocenters. The summed E-state index contributed by atoms with van der Waals surface area (Å²) in [5, 5.41) is -0.363. The highest BCUT2D eigenvalue weighted by molar-refractivity contribution is 7.93. The fourth-order valence-corrected chi connectivity index (χ4v) is 4.23. The molecule has 0 saturated heterocycles. The van der Waals surface area contributed by atoms with E-state index in [-0.39, 0.29) is 17.6 Å². The Kier molecular flexibility index (Phi) is 5.08. The molecule has 0 bridgehead atoms. The number of hydrogen-bond acceptors (Lipinski definition) is 5. The number of primary amides is 1. The molecule has 2 aliphatic rings. The minimum Gasteiger partial charge on any atom is -0.369 e. The molecule has 1 amide bonds. The van der Waals surface area contributed by atoms with Gasteiger partial charge in [-0.2, -0.15) is 0 Å². The van der Waals surface area contributed by atoms with Crippen molar-refractivity contribution < 1.29 is 17.6 Å². The Morgan fingerprint density at radius 1 is 1.38 bits per heavy atom. The molecular weight excluding hydrogens is 359 g/mol. The zero-order valence-corrected chi connectivity index (χ0v) is 15.0. The minimum absolute atomic E-state index is 0.0304. The number of nitrogens with two attached hydrogens (primary N) is 1. The van der Waals surface area contributed by atoms with Gasteiger partial charge in [0.25, 0.3) is 0 Å². The van der Waals surface area contributed by atoms with E-state index in [0.29, 0.717) is 31.4 Å². The van der Waals surface area contributed by atoms with Crippen molar-refractivity contribution in [2.75, 3.05) is 4.72 Å². The third-order valence-electron chi connectivity index (χ3n) is 4.67. The Morgan fingerprint density at radius 2 is 2.15 bits per heavy atom. The first-order chi connectivity index (χ1) is 12.3. The summed E-state index contributed by atoms with van der Waals surface area (Å²) < 4.78 is 40.6. The van der Waals surface area contributed by atoms with Gasteiger partial charge in [-0.05, 0) is 44.2 Å². The van der Waals surface area contributed by atoms with Crippen LogP contribution >= 0.6 is 0 Å². The average molecular weight is 380 g/mol. The van der Waals surface area contributed by atoms with Gasteiger partial charge >= 0.3 is 0 Å². The largest absolute Gasteiger partial charge is 0.369 e. The second-order valence-electron chi connectivity index (χ2n) is 6.62. The summed E-state index contributed by atoms with van der Waals surface area (Å²) in [4.78, 5) is 19.9. The van der Waals surface area contributed by atoms with Gasteiger partial charge < -0.3 is 5.73 Å². The van der Waals surface area contributed by atoms with Crippen LogP contribution < -0.4 is 10.5 Å². The number of carbonyl (C=O) groups excluding carboxylic acids is 1. The Balaban J connectivity index is 1.63. The van der Waals surface area contributed by atoms with Crippen molar-refractivity contribution in [1.29, 1.82) is 0 Å². The number of halogens is 1. The highest BCUT2D eigenvalue weighted by Gasteiger charge is 2.42. The first kappa shape index (κ1) is 18.5. The molecule has 2 unspecified atom stereocenters. The van der Waals surface area contributed by atoms with Crippen LogP contribution in [-0.2, 0) is 21.2 Å². The van der Waals surface area contributed by atoms with Crippen molar-refractivity contribution in [3.8, 4) is 0 Å². The predicted molar refractivity (Wildman–Crippen MR) is 95.3 cm³/mol. The van der Waals surface area contributed by atoms with Crippen molar-refractivity contribution in [1.82, 2.24) is 9.97 Å². The van der Waals surface area contributed by atoms with E-state index in [4.69, 9.17) is 5.73 Å². The number of nitrogens with one attached hydrogen (secondary N) is 1. The minimum atomic E-state index is -3.43. The van der Waals surface area contributed by atoms with E-state index in [0.717, 1.165) is 0 Å². The maximum absolute atomic E-state index is 14.3. The Morgan fingerprint density at radius 3 is 2.81 bits per heavy atom. The summed E-state index contributed by atoms with van der Waals surface area (Å²) in [5.74, 6) is -0.672. The van der Waals surface area contributed by atoms with E-state index in [2.05, 4.69) is 14.7 Å². The van der Waals surface area contributed by atoms with Gasteiger partial charge in [0.15, 0.2) is 0 Å². The number of nitrogens with zero attached hydrogens (tertiary/aromatic N) is 2.